The summed E-state index contributed by atoms with van der Waals surface area (Å²) in [5.74, 6) is 1.09. The number of aromatic nitrogens is 2. The zero-order valence-electron chi connectivity index (χ0n) is 17.3. The number of nitrogens with zero attached hydrogens (tertiary/aromatic N) is 3. The molecule has 1 fully saturated rings. The minimum Gasteiger partial charge on any atom is -0.355 e. The Labute approximate surface area is 170 Å². The van der Waals surface area contributed by atoms with Gasteiger partial charge >= 0.3 is 0 Å². The predicted molar refractivity (Wildman–Crippen MR) is 112 cm³/mol. The van der Waals surface area contributed by atoms with E-state index in [2.05, 4.69) is 27.5 Å². The lowest BCUT2D eigenvalue weighted by atomic mass is 9.79. The molecule has 29 heavy (non-hydrogen) atoms. The largest absolute Gasteiger partial charge is 0.355 e. The van der Waals surface area contributed by atoms with E-state index < -0.39 is 0 Å². The fourth-order valence-electron chi connectivity index (χ4n) is 4.51. The second-order valence-electron chi connectivity index (χ2n) is 8.07. The van der Waals surface area contributed by atoms with E-state index >= 15 is 0 Å². The van der Waals surface area contributed by atoms with E-state index in [0.717, 1.165) is 29.8 Å². The molecule has 2 aliphatic rings. The molecule has 3 atom stereocenters. The first kappa shape index (κ1) is 19.4. The Bertz CT molecular complexity index is 956. The number of carbonyl (C=O) groups excluding carboxylic acids is 2. The molecule has 7 nitrogen and oxygen atoms in total. The van der Waals surface area contributed by atoms with Crippen molar-refractivity contribution in [3.05, 3.63) is 47.3 Å². The van der Waals surface area contributed by atoms with Crippen molar-refractivity contribution in [2.75, 3.05) is 17.3 Å². The number of amides is 2. The van der Waals surface area contributed by atoms with Crippen molar-refractivity contribution in [3.63, 3.8) is 0 Å². The summed E-state index contributed by atoms with van der Waals surface area (Å²) in [5.41, 5.74) is 3.25. The van der Waals surface area contributed by atoms with E-state index in [-0.39, 0.29) is 29.8 Å². The van der Waals surface area contributed by atoms with Crippen molar-refractivity contribution in [1.82, 2.24) is 15.3 Å². The van der Waals surface area contributed by atoms with Crippen molar-refractivity contribution in [2.24, 2.45) is 11.8 Å². The number of aryl methyl sites for hydroxylation is 1. The van der Waals surface area contributed by atoms with Gasteiger partial charge in [-0.3, -0.25) is 9.59 Å². The summed E-state index contributed by atoms with van der Waals surface area (Å²) in [6.07, 6.45) is 4.01. The molecule has 4 rings (SSSR count). The predicted octanol–water partition coefficient (Wildman–Crippen LogP) is 3.08. The smallest absolute Gasteiger partial charge is 0.251 e. The maximum atomic E-state index is 12.6. The van der Waals surface area contributed by atoms with E-state index in [0.29, 0.717) is 17.4 Å². The zero-order chi connectivity index (χ0) is 20.7. The molecular weight excluding hydrogens is 366 g/mol. The molecule has 2 amide bonds. The Kier molecular flexibility index (Phi) is 4.98. The van der Waals surface area contributed by atoms with Gasteiger partial charge in [-0.2, -0.15) is 0 Å². The summed E-state index contributed by atoms with van der Waals surface area (Å²) in [6.45, 7) is 5.72. The Morgan fingerprint density at radius 1 is 1.21 bits per heavy atom. The third kappa shape index (κ3) is 3.57. The SMILES string of the molecule is CNC(=O)c1ccc2c(c1)C(Nc1nccc(C)n1)C(C)C(C1CC1)N2C(C)=O. The van der Waals surface area contributed by atoms with Crippen LogP contribution in [0.25, 0.3) is 0 Å². The first-order valence-electron chi connectivity index (χ1n) is 10.1. The monoisotopic (exact) mass is 393 g/mol. The summed E-state index contributed by atoms with van der Waals surface area (Å²) in [7, 11) is 1.62. The highest BCUT2D eigenvalue weighted by Crippen LogP contribution is 2.50. The summed E-state index contributed by atoms with van der Waals surface area (Å²) in [5, 5.41) is 6.17. The van der Waals surface area contributed by atoms with Crippen LogP contribution in [0.3, 0.4) is 0 Å². The minimum atomic E-state index is -0.148. The average molecular weight is 393 g/mol. The number of hydrogen-bond donors (Lipinski definition) is 2. The highest BCUT2D eigenvalue weighted by molar-refractivity contribution is 5.98. The molecule has 1 aromatic heterocycles. The van der Waals surface area contributed by atoms with Crippen LogP contribution in [0.15, 0.2) is 30.5 Å². The highest BCUT2D eigenvalue weighted by Gasteiger charge is 2.47. The lowest BCUT2D eigenvalue weighted by Gasteiger charge is -2.45. The number of fused-ring (bicyclic) bond motifs is 1. The van der Waals surface area contributed by atoms with Crippen LogP contribution in [-0.2, 0) is 4.79 Å². The molecule has 1 aromatic carbocycles. The Balaban J connectivity index is 1.83. The van der Waals surface area contributed by atoms with Gasteiger partial charge in [0.25, 0.3) is 5.91 Å². The second kappa shape index (κ2) is 7.46. The van der Waals surface area contributed by atoms with Crippen LogP contribution in [0.5, 0.6) is 0 Å². The summed E-state index contributed by atoms with van der Waals surface area (Å²) < 4.78 is 0. The molecule has 1 aliphatic carbocycles. The van der Waals surface area contributed by atoms with E-state index in [1.165, 1.54) is 0 Å². The van der Waals surface area contributed by atoms with Crippen molar-refractivity contribution < 1.29 is 9.59 Å². The summed E-state index contributed by atoms with van der Waals surface area (Å²) >= 11 is 0. The molecule has 2 aromatic rings. The maximum absolute atomic E-state index is 12.6. The normalized spacial score (nSPS) is 23.3. The fraction of sp³-hybridized carbons (Fsp3) is 0.455. The van der Waals surface area contributed by atoms with Gasteiger partial charge < -0.3 is 15.5 Å². The minimum absolute atomic E-state index is 0.0351. The van der Waals surface area contributed by atoms with E-state index in [9.17, 15) is 9.59 Å². The van der Waals surface area contributed by atoms with E-state index in [1.54, 1.807) is 26.2 Å². The second-order valence-corrected chi connectivity index (χ2v) is 8.07. The van der Waals surface area contributed by atoms with Gasteiger partial charge in [-0.15, -0.1) is 0 Å². The number of hydrogen-bond acceptors (Lipinski definition) is 5. The Morgan fingerprint density at radius 3 is 2.59 bits per heavy atom. The molecular formula is C22H27N5O2. The molecule has 7 heteroatoms. The lowest BCUT2D eigenvalue weighted by Crippen LogP contribution is -2.51. The number of carbonyl (C=O) groups is 2. The standard InChI is InChI=1S/C22H27N5O2/c1-12-9-10-24-22(25-12)26-19-13(2)20(15-5-6-15)27(14(3)28)18-8-7-16(11-17(18)19)21(29)23-4/h7-11,13,15,19-20H,5-6H2,1-4H3,(H,23,29)(H,24,25,26). The fourth-order valence-corrected chi connectivity index (χ4v) is 4.51. The number of nitrogens with one attached hydrogen (secondary N) is 2. The van der Waals surface area contributed by atoms with Gasteiger partial charge in [0, 0.05) is 49.1 Å². The third-order valence-electron chi connectivity index (χ3n) is 6.00. The molecule has 1 aliphatic heterocycles. The Hall–Kier alpha value is -2.96. The van der Waals surface area contributed by atoms with Gasteiger partial charge in [0.15, 0.2) is 0 Å². The van der Waals surface area contributed by atoms with Crippen molar-refractivity contribution >= 4 is 23.5 Å². The van der Waals surface area contributed by atoms with E-state index in [1.807, 2.05) is 30.0 Å². The van der Waals surface area contributed by atoms with Crippen LogP contribution >= 0.6 is 0 Å². The van der Waals surface area contributed by atoms with Crippen LogP contribution < -0.4 is 15.5 Å². The third-order valence-corrected chi connectivity index (χ3v) is 6.00. The maximum Gasteiger partial charge on any atom is 0.251 e. The molecule has 0 radical (unpaired) electrons. The van der Waals surface area contributed by atoms with Gasteiger partial charge in [-0.1, -0.05) is 6.92 Å². The first-order valence-corrected chi connectivity index (χ1v) is 10.1. The number of anilines is 2. The van der Waals surface area contributed by atoms with Gasteiger partial charge in [0.2, 0.25) is 11.9 Å². The molecule has 0 spiro atoms. The molecule has 2 N–H and O–H groups in total. The Morgan fingerprint density at radius 2 is 1.97 bits per heavy atom. The molecule has 1 saturated carbocycles. The highest BCUT2D eigenvalue weighted by atomic mass is 16.2. The van der Waals surface area contributed by atoms with Gasteiger partial charge in [0.1, 0.15) is 0 Å². The molecule has 0 saturated heterocycles. The van der Waals surface area contributed by atoms with E-state index in [4.69, 9.17) is 0 Å². The first-order chi connectivity index (χ1) is 13.9. The molecule has 0 bridgehead atoms. The number of rotatable bonds is 4. The molecule has 152 valence electrons. The number of benzene rings is 1. The summed E-state index contributed by atoms with van der Waals surface area (Å²) in [4.78, 5) is 35.7. The van der Waals surface area contributed by atoms with Gasteiger partial charge in [-0.05, 0) is 55.5 Å². The lowest BCUT2D eigenvalue weighted by molar-refractivity contribution is -0.117. The van der Waals surface area contributed by atoms with Crippen molar-refractivity contribution in [1.29, 1.82) is 0 Å². The zero-order valence-corrected chi connectivity index (χ0v) is 17.3. The molecule has 2 heterocycles. The van der Waals surface area contributed by atoms with Crippen molar-refractivity contribution in [3.8, 4) is 0 Å². The van der Waals surface area contributed by atoms with Crippen LogP contribution in [0.2, 0.25) is 0 Å². The van der Waals surface area contributed by atoms with Crippen LogP contribution in [0, 0.1) is 18.8 Å². The van der Waals surface area contributed by atoms with Crippen molar-refractivity contribution in [2.45, 2.75) is 45.7 Å². The van der Waals surface area contributed by atoms with Gasteiger partial charge in [-0.25, -0.2) is 9.97 Å². The molecule has 3 unspecified atom stereocenters. The van der Waals surface area contributed by atoms with Crippen LogP contribution in [-0.4, -0.2) is 34.9 Å². The van der Waals surface area contributed by atoms with Crippen LogP contribution in [0.1, 0.15) is 54.3 Å². The topological polar surface area (TPSA) is 87.2 Å². The quantitative estimate of drug-likeness (QED) is 0.834. The van der Waals surface area contributed by atoms with Crippen LogP contribution in [0.4, 0.5) is 11.6 Å². The van der Waals surface area contributed by atoms with Gasteiger partial charge in [0.05, 0.1) is 6.04 Å². The average Bonchev–Trinajstić information content (AvgIpc) is 3.53. The summed E-state index contributed by atoms with van der Waals surface area (Å²) in [6, 6.07) is 7.45.